The van der Waals surface area contributed by atoms with Crippen LogP contribution in [-0.2, 0) is 4.79 Å². The molecule has 0 aliphatic carbocycles. The van der Waals surface area contributed by atoms with Gasteiger partial charge in [0.15, 0.2) is 0 Å². The lowest BCUT2D eigenvalue weighted by atomic mass is 9.99. The Kier molecular flexibility index (Phi) is 3.66. The summed E-state index contributed by atoms with van der Waals surface area (Å²) in [4.78, 5) is 16.8. The number of amides is 1. The van der Waals surface area contributed by atoms with E-state index < -0.39 is 0 Å². The second-order valence-electron chi connectivity index (χ2n) is 5.40. The average Bonchev–Trinajstić information content (AvgIpc) is 2.89. The van der Waals surface area contributed by atoms with Crippen molar-refractivity contribution in [2.24, 2.45) is 0 Å². The molecule has 4 nitrogen and oxygen atoms in total. The number of aromatic nitrogens is 1. The molecule has 1 aliphatic rings. The maximum atomic E-state index is 12.4. The Morgan fingerprint density at radius 2 is 1.88 bits per heavy atom. The zero-order valence-electron chi connectivity index (χ0n) is 12.2. The predicted octanol–water partition coefficient (Wildman–Crippen LogP) is 4.96. The number of nitrogens with one attached hydrogen (secondary N) is 1. The van der Waals surface area contributed by atoms with Gasteiger partial charge in [0.1, 0.15) is 5.75 Å². The number of anilines is 1. The number of nitrogens with zero attached hydrogens (tertiary/aromatic N) is 1. The van der Waals surface area contributed by atoms with E-state index in [9.17, 15) is 9.90 Å². The number of benzene rings is 2. The van der Waals surface area contributed by atoms with Crippen molar-refractivity contribution in [3.63, 3.8) is 0 Å². The Balaban J connectivity index is 1.95. The second kappa shape index (κ2) is 5.72. The van der Waals surface area contributed by atoms with Gasteiger partial charge >= 0.3 is 0 Å². The van der Waals surface area contributed by atoms with Gasteiger partial charge in [0.25, 0.3) is 5.91 Å². The molecule has 1 aromatic heterocycles. The van der Waals surface area contributed by atoms with Crippen molar-refractivity contribution in [1.82, 2.24) is 4.98 Å². The Bertz CT molecular complexity index is 1020. The van der Waals surface area contributed by atoms with Gasteiger partial charge in [-0.05, 0) is 73.8 Å². The van der Waals surface area contributed by atoms with Crippen molar-refractivity contribution in [3.05, 3.63) is 62.7 Å². The van der Waals surface area contributed by atoms with E-state index in [-0.39, 0.29) is 11.7 Å². The minimum Gasteiger partial charge on any atom is -0.506 e. The normalized spacial score (nSPS) is 14.9. The van der Waals surface area contributed by atoms with Crippen LogP contribution in [0.1, 0.15) is 11.1 Å². The number of carbonyl (C=O) groups excluding carboxylic acids is 1. The topological polar surface area (TPSA) is 62.2 Å². The van der Waals surface area contributed by atoms with Crippen molar-refractivity contribution >= 4 is 66.0 Å². The lowest BCUT2D eigenvalue weighted by molar-refractivity contribution is -0.110. The van der Waals surface area contributed by atoms with Gasteiger partial charge < -0.3 is 10.4 Å². The summed E-state index contributed by atoms with van der Waals surface area (Å²) in [7, 11) is 0. The summed E-state index contributed by atoms with van der Waals surface area (Å²) >= 11 is 6.63. The first-order valence-electron chi connectivity index (χ1n) is 7.14. The third-order valence-corrected chi connectivity index (χ3v) is 5.11. The van der Waals surface area contributed by atoms with Crippen LogP contribution >= 0.6 is 31.9 Å². The number of phenolic OH excluding ortho intramolecular Hbond substituents is 1. The van der Waals surface area contributed by atoms with E-state index in [1.807, 2.05) is 30.3 Å². The van der Waals surface area contributed by atoms with Crippen molar-refractivity contribution < 1.29 is 9.90 Å². The summed E-state index contributed by atoms with van der Waals surface area (Å²) in [6.07, 6.45) is 3.54. The fourth-order valence-electron chi connectivity index (χ4n) is 2.82. The number of fused-ring (bicyclic) bond motifs is 3. The molecule has 6 heteroatoms. The van der Waals surface area contributed by atoms with E-state index in [1.165, 1.54) is 0 Å². The van der Waals surface area contributed by atoms with E-state index in [1.54, 1.807) is 18.3 Å². The van der Waals surface area contributed by atoms with Crippen LogP contribution in [0.3, 0.4) is 0 Å². The highest BCUT2D eigenvalue weighted by molar-refractivity contribution is 9.11. The summed E-state index contributed by atoms with van der Waals surface area (Å²) in [6, 6.07) is 11.1. The fourth-order valence-corrected chi connectivity index (χ4v) is 4.04. The first kappa shape index (κ1) is 15.4. The molecule has 2 N–H and O–H groups in total. The third-order valence-electron chi connectivity index (χ3n) is 3.90. The van der Waals surface area contributed by atoms with Crippen molar-refractivity contribution in [3.8, 4) is 5.75 Å². The van der Waals surface area contributed by atoms with Crippen LogP contribution in [0.4, 0.5) is 5.69 Å². The zero-order chi connectivity index (χ0) is 16.8. The number of aromatic hydroxyl groups is 1. The Morgan fingerprint density at radius 3 is 2.62 bits per heavy atom. The van der Waals surface area contributed by atoms with Crippen LogP contribution < -0.4 is 5.32 Å². The molecule has 0 spiro atoms. The third kappa shape index (κ3) is 2.42. The van der Waals surface area contributed by atoms with E-state index in [0.717, 1.165) is 27.7 Å². The Labute approximate surface area is 154 Å². The van der Waals surface area contributed by atoms with Gasteiger partial charge in [-0.15, -0.1) is 0 Å². The van der Waals surface area contributed by atoms with Gasteiger partial charge in [-0.25, -0.2) is 0 Å². The minimum absolute atomic E-state index is 0.128. The molecular weight excluding hydrogens is 436 g/mol. The van der Waals surface area contributed by atoms with E-state index in [4.69, 9.17) is 0 Å². The van der Waals surface area contributed by atoms with E-state index in [2.05, 4.69) is 42.2 Å². The summed E-state index contributed by atoms with van der Waals surface area (Å²) < 4.78 is 1.11. The molecular formula is C18H10Br2N2O2. The van der Waals surface area contributed by atoms with Crippen molar-refractivity contribution in [2.45, 2.75) is 0 Å². The van der Waals surface area contributed by atoms with E-state index in [0.29, 0.717) is 14.5 Å². The SMILES string of the molecule is O=C1Nc2ccc3ncccc3c2C1=Cc1cc(Br)c(O)c(Br)c1. The molecule has 0 atom stereocenters. The Morgan fingerprint density at radius 1 is 1.12 bits per heavy atom. The van der Waals surface area contributed by atoms with Gasteiger partial charge in [-0.3, -0.25) is 9.78 Å². The number of hydrogen-bond donors (Lipinski definition) is 2. The molecule has 0 unspecified atom stereocenters. The number of pyridine rings is 1. The molecule has 2 heterocycles. The quantitative estimate of drug-likeness (QED) is 0.520. The largest absolute Gasteiger partial charge is 0.506 e. The van der Waals surface area contributed by atoms with Crippen LogP contribution in [0.2, 0.25) is 0 Å². The van der Waals surface area contributed by atoms with Gasteiger partial charge in [0.05, 0.1) is 20.0 Å². The van der Waals surface area contributed by atoms with Gasteiger partial charge in [-0.2, -0.15) is 0 Å². The lowest BCUT2D eigenvalue weighted by Gasteiger charge is -2.06. The number of rotatable bonds is 1. The number of phenols is 1. The first-order chi connectivity index (χ1) is 11.5. The molecule has 24 heavy (non-hydrogen) atoms. The van der Waals surface area contributed by atoms with Crippen molar-refractivity contribution in [2.75, 3.05) is 5.32 Å². The standard InChI is InChI=1S/C18H10Br2N2O2/c19-12-7-9(8-13(20)17(12)23)6-11-16-10-2-1-5-21-14(10)3-4-15(16)22-18(11)24/h1-8,23H,(H,22,24). The fraction of sp³-hybridized carbons (Fsp3) is 0. The monoisotopic (exact) mass is 444 g/mol. The molecule has 0 saturated heterocycles. The molecule has 0 radical (unpaired) electrons. The maximum absolute atomic E-state index is 12.4. The summed E-state index contributed by atoms with van der Waals surface area (Å²) in [5.41, 5.74) is 3.85. The molecule has 1 amide bonds. The first-order valence-corrected chi connectivity index (χ1v) is 8.72. The Hall–Kier alpha value is -2.18. The lowest BCUT2D eigenvalue weighted by Crippen LogP contribution is -2.03. The highest BCUT2D eigenvalue weighted by Crippen LogP contribution is 2.39. The summed E-state index contributed by atoms with van der Waals surface area (Å²) in [6.45, 7) is 0. The highest BCUT2D eigenvalue weighted by atomic mass is 79.9. The minimum atomic E-state index is -0.151. The van der Waals surface area contributed by atoms with Gasteiger partial charge in [-0.1, -0.05) is 6.07 Å². The van der Waals surface area contributed by atoms with Crippen LogP contribution in [0, 0.1) is 0 Å². The molecule has 0 fully saturated rings. The molecule has 0 bridgehead atoms. The number of halogens is 2. The summed E-state index contributed by atoms with van der Waals surface area (Å²) in [5.74, 6) is -0.0234. The number of hydrogen-bond acceptors (Lipinski definition) is 3. The zero-order valence-corrected chi connectivity index (χ0v) is 15.3. The molecule has 2 aromatic carbocycles. The smallest absolute Gasteiger partial charge is 0.256 e. The van der Waals surface area contributed by atoms with E-state index >= 15 is 0 Å². The molecule has 0 saturated carbocycles. The van der Waals surface area contributed by atoms with Crippen LogP contribution in [0.25, 0.3) is 22.6 Å². The summed E-state index contributed by atoms with van der Waals surface area (Å²) in [5, 5.41) is 13.7. The molecule has 118 valence electrons. The number of carbonyl (C=O) groups is 1. The molecule has 4 rings (SSSR count). The van der Waals surface area contributed by atoms with Crippen molar-refractivity contribution in [1.29, 1.82) is 0 Å². The average molecular weight is 446 g/mol. The second-order valence-corrected chi connectivity index (χ2v) is 7.11. The maximum Gasteiger partial charge on any atom is 0.256 e. The molecule has 1 aliphatic heterocycles. The molecule has 3 aromatic rings. The van der Waals surface area contributed by atoms with Gasteiger partial charge in [0, 0.05) is 22.8 Å². The highest BCUT2D eigenvalue weighted by Gasteiger charge is 2.26. The van der Waals surface area contributed by atoms with Crippen LogP contribution in [-0.4, -0.2) is 16.0 Å². The van der Waals surface area contributed by atoms with Crippen LogP contribution in [0.5, 0.6) is 5.75 Å². The predicted molar refractivity (Wildman–Crippen MR) is 102 cm³/mol. The van der Waals surface area contributed by atoms with Gasteiger partial charge in [0.2, 0.25) is 0 Å². The van der Waals surface area contributed by atoms with Crippen LogP contribution in [0.15, 0.2) is 51.5 Å².